The Kier molecular flexibility index (Phi) is 4.51. The summed E-state index contributed by atoms with van der Waals surface area (Å²) in [6.45, 7) is 2.32. The van der Waals surface area contributed by atoms with Crippen molar-refractivity contribution in [2.45, 2.75) is 19.4 Å². The van der Waals surface area contributed by atoms with Gasteiger partial charge in [0.15, 0.2) is 0 Å². The molecule has 0 aliphatic carbocycles. The molecule has 1 atom stereocenters. The van der Waals surface area contributed by atoms with E-state index in [-0.39, 0.29) is 0 Å². The van der Waals surface area contributed by atoms with Gasteiger partial charge in [-0.2, -0.15) is 0 Å². The number of rotatable bonds is 4. The zero-order chi connectivity index (χ0) is 11.4. The Hall–Kier alpha value is -0.640. The maximum Gasteiger partial charge on any atom is 0.0721 e. The van der Waals surface area contributed by atoms with Crippen molar-refractivity contribution < 1.29 is 5.11 Å². The first-order valence-electron chi connectivity index (χ1n) is 4.71. The molecule has 1 aromatic rings. The fraction of sp³-hybridized carbons (Fsp3) is 0.400. The summed E-state index contributed by atoms with van der Waals surface area (Å²) in [4.78, 5) is 0. The third-order valence-corrected chi connectivity index (χ3v) is 2.65. The summed E-state index contributed by atoms with van der Waals surface area (Å²) in [5.41, 5.74) is 6.70. The van der Waals surface area contributed by atoms with Gasteiger partial charge in [-0.25, -0.2) is 0 Å². The molecular formula is C10H14Cl2N2O. The van der Waals surface area contributed by atoms with E-state index in [0.29, 0.717) is 34.4 Å². The first-order valence-corrected chi connectivity index (χ1v) is 5.46. The number of hydrogen-bond acceptors (Lipinski definition) is 3. The Morgan fingerprint density at radius 1 is 1.40 bits per heavy atom. The van der Waals surface area contributed by atoms with Gasteiger partial charge >= 0.3 is 0 Å². The van der Waals surface area contributed by atoms with E-state index in [9.17, 15) is 5.11 Å². The molecule has 0 fully saturated rings. The van der Waals surface area contributed by atoms with E-state index in [1.807, 2.05) is 6.92 Å². The number of hydrogen-bond donors (Lipinski definition) is 3. The predicted molar refractivity (Wildman–Crippen MR) is 65.7 cm³/mol. The van der Waals surface area contributed by atoms with E-state index in [4.69, 9.17) is 28.9 Å². The fourth-order valence-corrected chi connectivity index (χ4v) is 1.76. The molecule has 0 saturated carbocycles. The van der Waals surface area contributed by atoms with Gasteiger partial charge < -0.3 is 16.2 Å². The van der Waals surface area contributed by atoms with Crippen LogP contribution in [0, 0.1) is 0 Å². The van der Waals surface area contributed by atoms with Gasteiger partial charge in [0.05, 0.1) is 21.8 Å². The predicted octanol–water partition coefficient (Wildman–Crippen LogP) is 2.76. The lowest BCUT2D eigenvalue weighted by molar-refractivity contribution is 0.183. The SMILES string of the molecule is CCC(O)CNc1c(Cl)cc(N)cc1Cl. The molecule has 0 saturated heterocycles. The van der Waals surface area contributed by atoms with Gasteiger partial charge in [0.25, 0.3) is 0 Å². The van der Waals surface area contributed by atoms with Crippen LogP contribution in [-0.2, 0) is 0 Å². The van der Waals surface area contributed by atoms with Crippen molar-refractivity contribution in [3.05, 3.63) is 22.2 Å². The number of halogens is 2. The quantitative estimate of drug-likeness (QED) is 0.719. The average Bonchev–Trinajstić information content (AvgIpc) is 2.15. The van der Waals surface area contributed by atoms with Crippen LogP contribution >= 0.6 is 23.2 Å². The van der Waals surface area contributed by atoms with Gasteiger partial charge in [0.1, 0.15) is 0 Å². The first-order chi connectivity index (χ1) is 7.04. The van der Waals surface area contributed by atoms with Crippen molar-refractivity contribution in [1.82, 2.24) is 0 Å². The van der Waals surface area contributed by atoms with Gasteiger partial charge in [-0.15, -0.1) is 0 Å². The Labute approximate surface area is 99.2 Å². The third kappa shape index (κ3) is 3.45. The van der Waals surface area contributed by atoms with Crippen LogP contribution in [0.1, 0.15) is 13.3 Å². The topological polar surface area (TPSA) is 58.3 Å². The molecule has 0 aliphatic heterocycles. The molecule has 1 aromatic carbocycles. The Morgan fingerprint density at radius 2 is 1.93 bits per heavy atom. The van der Waals surface area contributed by atoms with Crippen LogP contribution in [0.15, 0.2) is 12.1 Å². The minimum absolute atomic E-state index is 0.408. The van der Waals surface area contributed by atoms with Crippen LogP contribution in [0.25, 0.3) is 0 Å². The lowest BCUT2D eigenvalue weighted by Crippen LogP contribution is -2.18. The normalized spacial score (nSPS) is 12.5. The molecule has 15 heavy (non-hydrogen) atoms. The van der Waals surface area contributed by atoms with E-state index in [1.54, 1.807) is 12.1 Å². The van der Waals surface area contributed by atoms with Crippen molar-refractivity contribution in [2.24, 2.45) is 0 Å². The largest absolute Gasteiger partial charge is 0.399 e. The molecule has 3 nitrogen and oxygen atoms in total. The van der Waals surface area contributed by atoms with E-state index in [1.165, 1.54) is 0 Å². The van der Waals surface area contributed by atoms with Gasteiger partial charge in [-0.05, 0) is 18.6 Å². The van der Waals surface area contributed by atoms with Gasteiger partial charge in [0.2, 0.25) is 0 Å². The molecule has 1 rings (SSSR count). The molecule has 84 valence electrons. The second-order valence-corrected chi connectivity index (χ2v) is 4.12. The highest BCUT2D eigenvalue weighted by Gasteiger charge is 2.08. The van der Waals surface area contributed by atoms with Crippen LogP contribution in [0.2, 0.25) is 10.0 Å². The monoisotopic (exact) mass is 248 g/mol. The number of anilines is 2. The van der Waals surface area contributed by atoms with Crippen molar-refractivity contribution in [2.75, 3.05) is 17.6 Å². The maximum absolute atomic E-state index is 9.38. The Balaban J connectivity index is 2.77. The molecular weight excluding hydrogens is 235 g/mol. The second-order valence-electron chi connectivity index (χ2n) is 3.30. The lowest BCUT2D eigenvalue weighted by atomic mass is 10.2. The molecule has 4 N–H and O–H groups in total. The lowest BCUT2D eigenvalue weighted by Gasteiger charge is -2.13. The zero-order valence-electron chi connectivity index (χ0n) is 8.43. The van der Waals surface area contributed by atoms with Gasteiger partial charge in [-0.1, -0.05) is 30.1 Å². The minimum atomic E-state index is -0.408. The maximum atomic E-state index is 9.38. The smallest absolute Gasteiger partial charge is 0.0721 e. The van der Waals surface area contributed by atoms with Crippen LogP contribution in [-0.4, -0.2) is 17.8 Å². The second kappa shape index (κ2) is 5.45. The number of aliphatic hydroxyl groups is 1. The molecule has 0 bridgehead atoms. The summed E-state index contributed by atoms with van der Waals surface area (Å²) in [7, 11) is 0. The summed E-state index contributed by atoms with van der Waals surface area (Å²) in [6, 6.07) is 3.24. The van der Waals surface area contributed by atoms with Crippen molar-refractivity contribution in [3.8, 4) is 0 Å². The standard InChI is InChI=1S/C10H14Cl2N2O/c1-2-7(15)5-14-10-8(11)3-6(13)4-9(10)12/h3-4,7,14-15H,2,5,13H2,1H3. The Bertz CT molecular complexity index is 321. The van der Waals surface area contributed by atoms with E-state index in [0.717, 1.165) is 0 Å². The minimum Gasteiger partial charge on any atom is -0.399 e. The van der Waals surface area contributed by atoms with Crippen molar-refractivity contribution >= 4 is 34.6 Å². The van der Waals surface area contributed by atoms with Crippen molar-refractivity contribution in [3.63, 3.8) is 0 Å². The van der Waals surface area contributed by atoms with E-state index in [2.05, 4.69) is 5.32 Å². The number of nitrogens with one attached hydrogen (secondary N) is 1. The number of aliphatic hydroxyl groups excluding tert-OH is 1. The van der Waals surface area contributed by atoms with Gasteiger partial charge in [0, 0.05) is 12.2 Å². The zero-order valence-corrected chi connectivity index (χ0v) is 9.94. The van der Waals surface area contributed by atoms with E-state index < -0.39 is 6.10 Å². The van der Waals surface area contributed by atoms with E-state index >= 15 is 0 Å². The summed E-state index contributed by atoms with van der Waals surface area (Å²) >= 11 is 11.9. The number of nitrogen functional groups attached to an aromatic ring is 1. The molecule has 0 aromatic heterocycles. The van der Waals surface area contributed by atoms with Crippen LogP contribution < -0.4 is 11.1 Å². The van der Waals surface area contributed by atoms with Crippen LogP contribution in [0.5, 0.6) is 0 Å². The molecule has 0 spiro atoms. The van der Waals surface area contributed by atoms with Crippen molar-refractivity contribution in [1.29, 1.82) is 0 Å². The highest BCUT2D eigenvalue weighted by Crippen LogP contribution is 2.32. The molecule has 5 heteroatoms. The summed E-state index contributed by atoms with van der Waals surface area (Å²) in [5.74, 6) is 0. The molecule has 0 heterocycles. The highest BCUT2D eigenvalue weighted by molar-refractivity contribution is 6.39. The van der Waals surface area contributed by atoms with Crippen LogP contribution in [0.3, 0.4) is 0 Å². The van der Waals surface area contributed by atoms with Gasteiger partial charge in [-0.3, -0.25) is 0 Å². The Morgan fingerprint density at radius 3 is 2.40 bits per heavy atom. The third-order valence-electron chi connectivity index (χ3n) is 2.05. The molecule has 0 radical (unpaired) electrons. The molecule has 1 unspecified atom stereocenters. The first kappa shape index (κ1) is 12.4. The molecule has 0 aliphatic rings. The van der Waals surface area contributed by atoms with Crippen LogP contribution in [0.4, 0.5) is 11.4 Å². The average molecular weight is 249 g/mol. The fourth-order valence-electron chi connectivity index (χ4n) is 1.13. The number of nitrogens with two attached hydrogens (primary N) is 1. The number of benzene rings is 1. The molecule has 0 amide bonds. The summed E-state index contributed by atoms with van der Waals surface area (Å²) in [5, 5.41) is 13.3. The summed E-state index contributed by atoms with van der Waals surface area (Å²) < 4.78 is 0. The summed E-state index contributed by atoms with van der Waals surface area (Å²) in [6.07, 6.45) is 0.270. The highest BCUT2D eigenvalue weighted by atomic mass is 35.5.